The maximum absolute atomic E-state index is 3.51. The zero-order chi connectivity index (χ0) is 10.5. The summed E-state index contributed by atoms with van der Waals surface area (Å²) in [5, 5.41) is 7.69. The second-order valence-corrected chi connectivity index (χ2v) is 5.47. The number of nitrogens with one attached hydrogen (secondary N) is 2. The average Bonchev–Trinajstić information content (AvgIpc) is 2.66. The SMILES string of the molecule is C[C@@H]1CNC(NCCc2ccccc2)S1. The molecule has 0 amide bonds. The predicted octanol–water partition coefficient (Wildman–Crippen LogP) is 1.83. The van der Waals surface area contributed by atoms with Crippen LogP contribution < -0.4 is 10.6 Å². The molecule has 1 unspecified atom stereocenters. The molecule has 2 atom stereocenters. The van der Waals surface area contributed by atoms with Crippen LogP contribution in [0.1, 0.15) is 12.5 Å². The van der Waals surface area contributed by atoms with Crippen LogP contribution in [0, 0.1) is 0 Å². The Morgan fingerprint density at radius 2 is 2.20 bits per heavy atom. The van der Waals surface area contributed by atoms with Crippen molar-refractivity contribution in [2.24, 2.45) is 0 Å². The Hall–Kier alpha value is -0.510. The van der Waals surface area contributed by atoms with Crippen molar-refractivity contribution in [1.29, 1.82) is 0 Å². The number of benzene rings is 1. The van der Waals surface area contributed by atoms with Gasteiger partial charge in [0.15, 0.2) is 0 Å². The van der Waals surface area contributed by atoms with Gasteiger partial charge >= 0.3 is 0 Å². The topological polar surface area (TPSA) is 24.1 Å². The normalized spacial score (nSPS) is 25.7. The highest BCUT2D eigenvalue weighted by Gasteiger charge is 2.19. The van der Waals surface area contributed by atoms with Gasteiger partial charge in [-0.2, -0.15) is 0 Å². The zero-order valence-electron chi connectivity index (χ0n) is 9.07. The molecule has 0 spiro atoms. The Morgan fingerprint density at radius 1 is 1.40 bits per heavy atom. The first-order chi connectivity index (χ1) is 7.34. The zero-order valence-corrected chi connectivity index (χ0v) is 9.89. The van der Waals surface area contributed by atoms with Crippen molar-refractivity contribution in [1.82, 2.24) is 10.6 Å². The molecule has 1 aliphatic rings. The van der Waals surface area contributed by atoms with Crippen LogP contribution in [0.3, 0.4) is 0 Å². The van der Waals surface area contributed by atoms with Crippen molar-refractivity contribution in [3.05, 3.63) is 35.9 Å². The molecule has 1 saturated heterocycles. The maximum atomic E-state index is 3.51. The molecule has 82 valence electrons. The van der Waals surface area contributed by atoms with E-state index in [0.29, 0.717) is 5.50 Å². The molecule has 15 heavy (non-hydrogen) atoms. The second-order valence-electron chi connectivity index (χ2n) is 3.92. The van der Waals surface area contributed by atoms with Crippen molar-refractivity contribution >= 4 is 11.8 Å². The van der Waals surface area contributed by atoms with Crippen LogP contribution in [-0.2, 0) is 6.42 Å². The number of rotatable bonds is 4. The fourth-order valence-corrected chi connectivity index (χ4v) is 2.78. The quantitative estimate of drug-likeness (QED) is 0.813. The third-order valence-electron chi connectivity index (χ3n) is 2.55. The minimum atomic E-state index is 0.448. The van der Waals surface area contributed by atoms with Crippen molar-refractivity contribution in [3.8, 4) is 0 Å². The van der Waals surface area contributed by atoms with Gasteiger partial charge in [0, 0.05) is 18.3 Å². The summed E-state index contributed by atoms with van der Waals surface area (Å²) in [7, 11) is 0. The molecule has 0 saturated carbocycles. The first kappa shape index (κ1) is 11.0. The van der Waals surface area contributed by atoms with Crippen LogP contribution in [0.15, 0.2) is 30.3 Å². The van der Waals surface area contributed by atoms with Gasteiger partial charge in [0.2, 0.25) is 0 Å². The molecule has 2 N–H and O–H groups in total. The first-order valence-corrected chi connectivity index (χ1v) is 6.45. The van der Waals surface area contributed by atoms with Gasteiger partial charge in [0.25, 0.3) is 0 Å². The van der Waals surface area contributed by atoms with E-state index in [0.717, 1.165) is 24.8 Å². The van der Waals surface area contributed by atoms with Crippen LogP contribution in [0.5, 0.6) is 0 Å². The van der Waals surface area contributed by atoms with Crippen LogP contribution in [0.2, 0.25) is 0 Å². The molecule has 0 aliphatic carbocycles. The van der Waals surface area contributed by atoms with Gasteiger partial charge in [-0.05, 0) is 12.0 Å². The number of hydrogen-bond donors (Lipinski definition) is 2. The van der Waals surface area contributed by atoms with Gasteiger partial charge in [0.1, 0.15) is 5.50 Å². The summed E-state index contributed by atoms with van der Waals surface area (Å²) in [5.41, 5.74) is 1.85. The van der Waals surface area contributed by atoms with E-state index in [9.17, 15) is 0 Å². The van der Waals surface area contributed by atoms with Crippen LogP contribution in [0.4, 0.5) is 0 Å². The molecule has 1 aliphatic heterocycles. The molecule has 1 aromatic carbocycles. The fraction of sp³-hybridized carbons (Fsp3) is 0.500. The number of hydrogen-bond acceptors (Lipinski definition) is 3. The first-order valence-electron chi connectivity index (χ1n) is 5.51. The van der Waals surface area contributed by atoms with E-state index < -0.39 is 0 Å². The van der Waals surface area contributed by atoms with Crippen molar-refractivity contribution < 1.29 is 0 Å². The molecular formula is C12H18N2S. The second kappa shape index (κ2) is 5.54. The standard InChI is InChI=1S/C12H18N2S/c1-10-9-14-12(15-10)13-8-7-11-5-3-2-4-6-11/h2-6,10,12-14H,7-9H2,1H3/t10-,12?/m1/s1. The van der Waals surface area contributed by atoms with E-state index in [-0.39, 0.29) is 0 Å². The molecular weight excluding hydrogens is 204 g/mol. The summed E-state index contributed by atoms with van der Waals surface area (Å²) in [5.74, 6) is 0. The Morgan fingerprint density at radius 3 is 2.87 bits per heavy atom. The third kappa shape index (κ3) is 3.52. The van der Waals surface area contributed by atoms with Gasteiger partial charge in [-0.1, -0.05) is 37.3 Å². The van der Waals surface area contributed by atoms with Gasteiger partial charge in [0.05, 0.1) is 0 Å². The largest absolute Gasteiger partial charge is 0.293 e. The molecule has 0 aromatic heterocycles. The van der Waals surface area contributed by atoms with Crippen LogP contribution >= 0.6 is 11.8 Å². The molecule has 1 heterocycles. The fourth-order valence-electron chi connectivity index (χ4n) is 1.71. The Balaban J connectivity index is 1.67. The minimum Gasteiger partial charge on any atom is -0.293 e. The summed E-state index contributed by atoms with van der Waals surface area (Å²) in [6.07, 6.45) is 1.11. The van der Waals surface area contributed by atoms with E-state index >= 15 is 0 Å². The average molecular weight is 222 g/mol. The summed E-state index contributed by atoms with van der Waals surface area (Å²) in [6.45, 7) is 4.42. The monoisotopic (exact) mass is 222 g/mol. The van der Waals surface area contributed by atoms with E-state index in [1.54, 1.807) is 0 Å². The Kier molecular flexibility index (Phi) is 4.06. The van der Waals surface area contributed by atoms with Gasteiger partial charge in [-0.15, -0.1) is 11.8 Å². The van der Waals surface area contributed by atoms with Gasteiger partial charge in [-0.3, -0.25) is 10.6 Å². The van der Waals surface area contributed by atoms with Crippen molar-refractivity contribution in [2.75, 3.05) is 13.1 Å². The summed E-state index contributed by atoms with van der Waals surface area (Å²) >= 11 is 1.98. The van der Waals surface area contributed by atoms with Gasteiger partial charge in [-0.25, -0.2) is 0 Å². The number of thioether (sulfide) groups is 1. The van der Waals surface area contributed by atoms with E-state index in [1.807, 2.05) is 11.8 Å². The summed E-state index contributed by atoms with van der Waals surface area (Å²) in [6, 6.07) is 10.6. The lowest BCUT2D eigenvalue weighted by atomic mass is 10.1. The minimum absolute atomic E-state index is 0.448. The molecule has 2 rings (SSSR count). The highest BCUT2D eigenvalue weighted by Crippen LogP contribution is 2.19. The van der Waals surface area contributed by atoms with E-state index in [4.69, 9.17) is 0 Å². The van der Waals surface area contributed by atoms with E-state index in [2.05, 4.69) is 47.9 Å². The van der Waals surface area contributed by atoms with Crippen molar-refractivity contribution in [2.45, 2.75) is 24.1 Å². The molecule has 3 heteroatoms. The van der Waals surface area contributed by atoms with Gasteiger partial charge < -0.3 is 0 Å². The van der Waals surface area contributed by atoms with E-state index in [1.165, 1.54) is 5.56 Å². The lowest BCUT2D eigenvalue weighted by Gasteiger charge is -2.11. The van der Waals surface area contributed by atoms with Crippen molar-refractivity contribution in [3.63, 3.8) is 0 Å². The summed E-state index contributed by atoms with van der Waals surface area (Å²) in [4.78, 5) is 0. The van der Waals surface area contributed by atoms with Crippen LogP contribution in [-0.4, -0.2) is 23.8 Å². The summed E-state index contributed by atoms with van der Waals surface area (Å²) < 4.78 is 0. The highest BCUT2D eigenvalue weighted by molar-refractivity contribution is 8.00. The lowest BCUT2D eigenvalue weighted by molar-refractivity contribution is 0.573. The maximum Gasteiger partial charge on any atom is 0.106 e. The smallest absolute Gasteiger partial charge is 0.106 e. The molecule has 1 aromatic rings. The Labute approximate surface area is 95.8 Å². The Bertz CT molecular complexity index is 289. The third-order valence-corrected chi connectivity index (χ3v) is 3.78. The highest BCUT2D eigenvalue weighted by atomic mass is 32.2. The molecule has 1 fully saturated rings. The molecule has 0 bridgehead atoms. The predicted molar refractivity (Wildman–Crippen MR) is 67.0 cm³/mol. The molecule has 2 nitrogen and oxygen atoms in total. The molecule has 0 radical (unpaired) electrons. The lowest BCUT2D eigenvalue weighted by Crippen LogP contribution is -2.36. The van der Waals surface area contributed by atoms with Crippen LogP contribution in [0.25, 0.3) is 0 Å².